The Balaban J connectivity index is 1.39. The number of carbonyl (C=O) groups excluding carboxylic acids is 2. The van der Waals surface area contributed by atoms with Gasteiger partial charge in [0.1, 0.15) is 9.96 Å². The van der Waals surface area contributed by atoms with Crippen molar-refractivity contribution >= 4 is 39.0 Å². The summed E-state index contributed by atoms with van der Waals surface area (Å²) in [6, 6.07) is 15.3. The second-order valence-corrected chi connectivity index (χ2v) is 14.4. The Kier molecular flexibility index (Phi) is 7.97. The minimum Gasteiger partial charge on any atom is -0.496 e. The monoisotopic (exact) mass is 623 g/mol. The van der Waals surface area contributed by atoms with Crippen molar-refractivity contribution in [3.8, 4) is 5.75 Å². The highest BCUT2D eigenvalue weighted by Gasteiger charge is 2.58. The number of carbonyl (C=O) groups is 2. The lowest BCUT2D eigenvalue weighted by molar-refractivity contribution is -0.121. The van der Waals surface area contributed by atoms with Crippen LogP contribution in [0.25, 0.3) is 0 Å². The van der Waals surface area contributed by atoms with Crippen molar-refractivity contribution in [2.45, 2.75) is 35.6 Å². The molecule has 1 atom stereocenters. The van der Waals surface area contributed by atoms with Gasteiger partial charge in [0.15, 0.2) is 5.54 Å². The van der Waals surface area contributed by atoms with Gasteiger partial charge in [-0.1, -0.05) is 42.0 Å². The number of benzene rings is 2. The fraction of sp³-hybridized carbons (Fsp3) is 0.419. The van der Waals surface area contributed by atoms with Crippen LogP contribution in [-0.4, -0.2) is 94.5 Å². The van der Waals surface area contributed by atoms with Crippen LogP contribution in [0.5, 0.6) is 5.75 Å². The van der Waals surface area contributed by atoms with Gasteiger partial charge < -0.3 is 19.9 Å². The van der Waals surface area contributed by atoms with E-state index in [1.54, 1.807) is 58.8 Å². The van der Waals surface area contributed by atoms with Gasteiger partial charge in [-0.2, -0.15) is 12.7 Å². The van der Waals surface area contributed by atoms with Gasteiger partial charge in [0.2, 0.25) is 0 Å². The molecular formula is C31H37N5O5S2. The van der Waals surface area contributed by atoms with E-state index >= 15 is 0 Å². The minimum atomic E-state index is -4.27. The van der Waals surface area contributed by atoms with Crippen molar-refractivity contribution in [3.63, 3.8) is 0 Å². The number of hydrogen-bond donors (Lipinski definition) is 1. The molecule has 3 amide bonds. The molecule has 0 spiro atoms. The molecule has 6 rings (SSSR count). The van der Waals surface area contributed by atoms with E-state index in [2.05, 4.69) is 22.2 Å². The topological polar surface area (TPSA) is 102 Å². The standard InChI is InChI=1S/C31H37N5O5S2/c1-22-10-11-26-25(21-22)31(24-7-4-5-8-27(24)41-3,29(37)36(26)43(39,40)28-9-6-20-42-28)32-30(38)35-18-16-34(17-19-35)23-12-14-33(2)15-13-23/h4-11,20-21,23H,12-19H2,1-3H3,(H,32,38). The van der Waals surface area contributed by atoms with Crippen molar-refractivity contribution < 1.29 is 22.7 Å². The quantitative estimate of drug-likeness (QED) is 0.449. The molecule has 3 aromatic rings. The Morgan fingerprint density at radius 2 is 1.70 bits per heavy atom. The number of nitrogens with zero attached hydrogens (tertiary/aromatic N) is 4. The Labute approximate surface area is 256 Å². The van der Waals surface area contributed by atoms with Crippen LogP contribution in [-0.2, 0) is 20.4 Å². The molecule has 3 aliphatic heterocycles. The predicted octanol–water partition coefficient (Wildman–Crippen LogP) is 3.47. The Morgan fingerprint density at radius 3 is 2.37 bits per heavy atom. The Morgan fingerprint density at radius 1 is 0.977 bits per heavy atom. The third-order valence-corrected chi connectivity index (χ3v) is 12.0. The number of para-hydroxylation sites is 1. The SMILES string of the molecule is COc1ccccc1C1(NC(=O)N2CCN(C3CCN(C)CC3)CC2)C(=O)N(S(=O)(=O)c2cccs2)c2ccc(C)cc21. The summed E-state index contributed by atoms with van der Waals surface area (Å²) in [5.41, 5.74) is -0.0399. The number of hydrogen-bond acceptors (Lipinski definition) is 8. The van der Waals surface area contributed by atoms with Crippen LogP contribution in [0.15, 0.2) is 64.2 Å². The number of methoxy groups -OCH3 is 1. The van der Waals surface area contributed by atoms with Crippen LogP contribution < -0.4 is 14.4 Å². The molecule has 0 aliphatic carbocycles. The summed E-state index contributed by atoms with van der Waals surface area (Å²) >= 11 is 1.04. The summed E-state index contributed by atoms with van der Waals surface area (Å²) in [6.45, 7) is 6.51. The number of piperazine rings is 1. The van der Waals surface area contributed by atoms with E-state index in [0.717, 1.165) is 60.2 Å². The molecule has 43 heavy (non-hydrogen) atoms. The molecule has 10 nitrogen and oxygen atoms in total. The summed E-state index contributed by atoms with van der Waals surface area (Å²) in [6.07, 6.45) is 2.22. The first-order valence-electron chi connectivity index (χ1n) is 14.5. The van der Waals surface area contributed by atoms with Gasteiger partial charge in [-0.3, -0.25) is 9.69 Å². The van der Waals surface area contributed by atoms with Crippen molar-refractivity contribution in [1.82, 2.24) is 20.0 Å². The van der Waals surface area contributed by atoms with Crippen LogP contribution in [0, 0.1) is 6.92 Å². The molecule has 0 saturated carbocycles. The number of amides is 3. The fourth-order valence-corrected chi connectivity index (χ4v) is 9.06. The van der Waals surface area contributed by atoms with E-state index in [1.165, 1.54) is 13.2 Å². The molecule has 3 aliphatic rings. The van der Waals surface area contributed by atoms with Gasteiger partial charge >= 0.3 is 6.03 Å². The highest BCUT2D eigenvalue weighted by Crippen LogP contribution is 2.49. The number of sulfonamides is 1. The van der Waals surface area contributed by atoms with Gasteiger partial charge in [0.25, 0.3) is 15.9 Å². The van der Waals surface area contributed by atoms with Crippen molar-refractivity contribution in [2.24, 2.45) is 0 Å². The maximum absolute atomic E-state index is 14.8. The van der Waals surface area contributed by atoms with Crippen LogP contribution in [0.3, 0.4) is 0 Å². The van der Waals surface area contributed by atoms with Crippen molar-refractivity contribution in [1.29, 1.82) is 0 Å². The number of nitrogens with one attached hydrogen (secondary N) is 1. The maximum atomic E-state index is 14.8. The van der Waals surface area contributed by atoms with Crippen molar-refractivity contribution in [3.05, 3.63) is 76.7 Å². The molecule has 1 unspecified atom stereocenters. The third kappa shape index (κ3) is 5.09. The number of aryl methyl sites for hydroxylation is 1. The molecule has 0 bridgehead atoms. The number of thiophene rings is 1. The zero-order valence-electron chi connectivity index (χ0n) is 24.7. The van der Waals surface area contributed by atoms with Crippen molar-refractivity contribution in [2.75, 3.05) is 57.7 Å². The summed E-state index contributed by atoms with van der Waals surface area (Å²) in [4.78, 5) is 35.4. The van der Waals surface area contributed by atoms with Gasteiger partial charge in [0.05, 0.1) is 12.8 Å². The first-order valence-corrected chi connectivity index (χ1v) is 16.9. The number of piperidine rings is 1. The Hall–Kier alpha value is -3.45. The molecule has 0 radical (unpaired) electrons. The van der Waals surface area contributed by atoms with E-state index in [4.69, 9.17) is 4.74 Å². The first-order chi connectivity index (χ1) is 20.7. The summed E-state index contributed by atoms with van der Waals surface area (Å²) in [5.74, 6) is -0.407. The predicted molar refractivity (Wildman–Crippen MR) is 166 cm³/mol. The van der Waals surface area contributed by atoms with E-state index in [-0.39, 0.29) is 9.90 Å². The fourth-order valence-electron chi connectivity index (χ4n) is 6.54. The number of urea groups is 1. The second-order valence-electron chi connectivity index (χ2n) is 11.5. The van der Waals surface area contributed by atoms with E-state index in [1.807, 2.05) is 6.92 Å². The zero-order chi connectivity index (χ0) is 30.4. The molecule has 2 fully saturated rings. The third-order valence-electron chi connectivity index (χ3n) is 8.88. The number of likely N-dealkylation sites (tertiary alicyclic amines) is 1. The van der Waals surface area contributed by atoms with Gasteiger partial charge in [0, 0.05) is 43.3 Å². The second kappa shape index (κ2) is 11.6. The Bertz CT molecular complexity index is 1610. The molecule has 228 valence electrons. The molecule has 12 heteroatoms. The first kappa shape index (κ1) is 29.6. The van der Waals surface area contributed by atoms with Gasteiger partial charge in [-0.05, 0) is 63.5 Å². The largest absolute Gasteiger partial charge is 0.496 e. The zero-order valence-corrected chi connectivity index (χ0v) is 26.3. The molecule has 2 saturated heterocycles. The highest BCUT2D eigenvalue weighted by molar-refractivity contribution is 7.95. The van der Waals surface area contributed by atoms with Crippen LogP contribution in [0.1, 0.15) is 29.5 Å². The van der Waals surface area contributed by atoms with Gasteiger partial charge in [-0.25, -0.2) is 4.79 Å². The molecule has 1 aromatic heterocycles. The van der Waals surface area contributed by atoms with Crippen LogP contribution in [0.4, 0.5) is 10.5 Å². The van der Waals surface area contributed by atoms with Crippen LogP contribution in [0.2, 0.25) is 0 Å². The maximum Gasteiger partial charge on any atom is 0.318 e. The lowest BCUT2D eigenvalue weighted by Gasteiger charge is -2.43. The summed E-state index contributed by atoms with van der Waals surface area (Å²) in [5, 5.41) is 4.72. The van der Waals surface area contributed by atoms with E-state index in [0.29, 0.717) is 36.0 Å². The highest BCUT2D eigenvalue weighted by atomic mass is 32.2. The number of ether oxygens (including phenoxy) is 1. The summed E-state index contributed by atoms with van der Waals surface area (Å²) < 4.78 is 34.5. The normalized spacial score (nSPS) is 22.1. The number of fused-ring (bicyclic) bond motifs is 1. The van der Waals surface area contributed by atoms with Crippen LogP contribution >= 0.6 is 11.3 Å². The number of anilines is 1. The average Bonchev–Trinajstić information content (AvgIpc) is 3.64. The lowest BCUT2D eigenvalue weighted by Crippen LogP contribution is -2.61. The molecule has 4 heterocycles. The van der Waals surface area contributed by atoms with E-state index in [9.17, 15) is 18.0 Å². The minimum absolute atomic E-state index is 0.0413. The summed E-state index contributed by atoms with van der Waals surface area (Å²) in [7, 11) is -0.628. The van der Waals surface area contributed by atoms with E-state index < -0.39 is 27.5 Å². The molecule has 1 N–H and O–H groups in total. The average molecular weight is 624 g/mol. The molecule has 2 aromatic carbocycles. The molecular weight excluding hydrogens is 587 g/mol. The smallest absolute Gasteiger partial charge is 0.318 e. The van der Waals surface area contributed by atoms with Gasteiger partial charge in [-0.15, -0.1) is 11.3 Å². The number of rotatable bonds is 6. The lowest BCUT2D eigenvalue weighted by atomic mass is 9.82.